The average molecular weight is 373 g/mol. The fourth-order valence-electron chi connectivity index (χ4n) is 3.28. The lowest BCUT2D eigenvalue weighted by Gasteiger charge is -2.36. The van der Waals surface area contributed by atoms with Crippen molar-refractivity contribution < 1.29 is 4.74 Å². The van der Waals surface area contributed by atoms with E-state index in [-0.39, 0.29) is 5.56 Å². The van der Waals surface area contributed by atoms with Crippen LogP contribution in [0.3, 0.4) is 0 Å². The molecule has 27 heavy (non-hydrogen) atoms. The molecular formula is C19H27N5O3. The zero-order chi connectivity index (χ0) is 19.2. The van der Waals surface area contributed by atoms with Crippen molar-refractivity contribution >= 4 is 11.5 Å². The summed E-state index contributed by atoms with van der Waals surface area (Å²) in [5, 5.41) is 3.12. The van der Waals surface area contributed by atoms with Crippen molar-refractivity contribution in [2.45, 2.75) is 6.42 Å². The molecule has 3 rings (SSSR count). The van der Waals surface area contributed by atoms with Gasteiger partial charge in [-0.3, -0.25) is 19.2 Å². The van der Waals surface area contributed by atoms with Gasteiger partial charge in [0.15, 0.2) is 0 Å². The predicted molar refractivity (Wildman–Crippen MR) is 107 cm³/mol. The number of nitrogens with zero attached hydrogens (tertiary/aromatic N) is 3. The Kier molecular flexibility index (Phi) is 6.18. The van der Waals surface area contributed by atoms with Gasteiger partial charge in [-0.25, -0.2) is 4.79 Å². The Labute approximate surface area is 158 Å². The van der Waals surface area contributed by atoms with Gasteiger partial charge in [0, 0.05) is 45.8 Å². The number of methoxy groups -OCH3 is 1. The summed E-state index contributed by atoms with van der Waals surface area (Å²) >= 11 is 0. The molecule has 1 saturated heterocycles. The number of anilines is 2. The van der Waals surface area contributed by atoms with Crippen LogP contribution in [0.1, 0.15) is 6.42 Å². The van der Waals surface area contributed by atoms with Crippen molar-refractivity contribution in [1.82, 2.24) is 14.5 Å². The number of hydrogen-bond acceptors (Lipinski definition) is 6. The maximum absolute atomic E-state index is 11.6. The van der Waals surface area contributed by atoms with E-state index in [0.29, 0.717) is 12.4 Å². The second-order valence-corrected chi connectivity index (χ2v) is 6.67. The van der Waals surface area contributed by atoms with E-state index >= 15 is 0 Å². The fraction of sp³-hybridized carbons (Fsp3) is 0.474. The number of piperazine rings is 1. The topological polar surface area (TPSA) is 82.6 Å². The van der Waals surface area contributed by atoms with Gasteiger partial charge in [-0.05, 0) is 25.1 Å². The smallest absolute Gasteiger partial charge is 0.329 e. The monoisotopic (exact) mass is 373 g/mol. The van der Waals surface area contributed by atoms with Crippen molar-refractivity contribution in [3.05, 3.63) is 51.2 Å². The molecule has 0 saturated carbocycles. The molecule has 0 radical (unpaired) electrons. The summed E-state index contributed by atoms with van der Waals surface area (Å²) in [7, 11) is 3.16. The lowest BCUT2D eigenvalue weighted by Crippen LogP contribution is -2.47. The number of H-pyrrole nitrogens is 1. The minimum Gasteiger partial charge on any atom is -0.495 e. The highest BCUT2D eigenvalue weighted by Gasteiger charge is 2.19. The largest absolute Gasteiger partial charge is 0.495 e. The summed E-state index contributed by atoms with van der Waals surface area (Å²) < 4.78 is 6.51. The van der Waals surface area contributed by atoms with Crippen LogP contribution in [0.2, 0.25) is 0 Å². The third-order valence-electron chi connectivity index (χ3n) is 4.91. The maximum Gasteiger partial charge on any atom is 0.329 e. The van der Waals surface area contributed by atoms with E-state index in [1.54, 1.807) is 7.11 Å². The molecule has 146 valence electrons. The Morgan fingerprint density at radius 2 is 1.89 bits per heavy atom. The van der Waals surface area contributed by atoms with Gasteiger partial charge in [-0.2, -0.15) is 0 Å². The predicted octanol–water partition coefficient (Wildman–Crippen LogP) is 0.706. The van der Waals surface area contributed by atoms with Crippen LogP contribution in [-0.4, -0.2) is 60.8 Å². The summed E-state index contributed by atoms with van der Waals surface area (Å²) in [6.07, 6.45) is 0.936. The quantitative estimate of drug-likeness (QED) is 0.696. The molecule has 2 aromatic rings. The Morgan fingerprint density at radius 3 is 2.59 bits per heavy atom. The summed E-state index contributed by atoms with van der Waals surface area (Å²) in [6.45, 7) is 5.62. The first-order valence-corrected chi connectivity index (χ1v) is 9.23. The standard InChI is InChI=1S/C19H27N5O3/c1-22-18(25)14-17(21-19(22)26)20-8-5-9-23-10-12-24(13-11-23)15-6-3-4-7-16(15)27-2/h3-4,6-7,14,20H,5,8-13H2,1-2H3,(H,21,26). The molecule has 0 amide bonds. The summed E-state index contributed by atoms with van der Waals surface area (Å²) in [5.41, 5.74) is 0.433. The second-order valence-electron chi connectivity index (χ2n) is 6.67. The maximum atomic E-state index is 11.6. The minimum absolute atomic E-state index is 0.311. The molecule has 8 heteroatoms. The van der Waals surface area contributed by atoms with Gasteiger partial charge in [0.25, 0.3) is 5.56 Å². The number of ether oxygens (including phenoxy) is 1. The molecule has 2 heterocycles. The number of para-hydroxylation sites is 2. The molecule has 1 aliphatic rings. The molecule has 8 nitrogen and oxygen atoms in total. The number of aromatic amines is 1. The summed E-state index contributed by atoms with van der Waals surface area (Å²) in [4.78, 5) is 30.6. The van der Waals surface area contributed by atoms with Crippen LogP contribution in [0.4, 0.5) is 11.5 Å². The van der Waals surface area contributed by atoms with Crippen molar-refractivity contribution in [3.8, 4) is 5.75 Å². The van der Waals surface area contributed by atoms with Gasteiger partial charge in [0.1, 0.15) is 11.6 Å². The first-order chi connectivity index (χ1) is 13.1. The van der Waals surface area contributed by atoms with E-state index in [1.165, 1.54) is 13.1 Å². The molecule has 2 N–H and O–H groups in total. The number of nitrogens with one attached hydrogen (secondary N) is 2. The van der Waals surface area contributed by atoms with E-state index in [1.807, 2.05) is 18.2 Å². The highest BCUT2D eigenvalue weighted by Crippen LogP contribution is 2.28. The first-order valence-electron chi connectivity index (χ1n) is 9.23. The number of hydrogen-bond donors (Lipinski definition) is 2. The van der Waals surface area contributed by atoms with Gasteiger partial charge in [0.2, 0.25) is 0 Å². The second kappa shape index (κ2) is 8.77. The van der Waals surface area contributed by atoms with Crippen molar-refractivity contribution in [2.24, 2.45) is 7.05 Å². The molecule has 1 fully saturated rings. The third-order valence-corrected chi connectivity index (χ3v) is 4.91. The highest BCUT2D eigenvalue weighted by molar-refractivity contribution is 5.58. The molecule has 1 aromatic heterocycles. The lowest BCUT2D eigenvalue weighted by molar-refractivity contribution is 0.256. The molecule has 1 aliphatic heterocycles. The van der Waals surface area contributed by atoms with Crippen molar-refractivity contribution in [3.63, 3.8) is 0 Å². The van der Waals surface area contributed by atoms with Crippen molar-refractivity contribution in [1.29, 1.82) is 0 Å². The first kappa shape index (κ1) is 19.0. The van der Waals surface area contributed by atoms with E-state index in [4.69, 9.17) is 4.74 Å². The zero-order valence-electron chi connectivity index (χ0n) is 15.9. The molecule has 0 spiro atoms. The zero-order valence-corrected chi connectivity index (χ0v) is 15.9. The Balaban J connectivity index is 1.42. The lowest BCUT2D eigenvalue weighted by atomic mass is 10.2. The van der Waals surface area contributed by atoms with Crippen LogP contribution in [0.25, 0.3) is 0 Å². The Hall–Kier alpha value is -2.74. The normalized spacial score (nSPS) is 15.0. The van der Waals surface area contributed by atoms with E-state index < -0.39 is 5.69 Å². The SMILES string of the molecule is COc1ccccc1N1CCN(CCCNc2cc(=O)n(C)c(=O)[nH]2)CC1. The van der Waals surface area contributed by atoms with E-state index in [2.05, 4.69) is 26.2 Å². The summed E-state index contributed by atoms with van der Waals surface area (Å²) in [5.74, 6) is 1.39. The fourth-order valence-corrected chi connectivity index (χ4v) is 3.28. The Morgan fingerprint density at radius 1 is 1.15 bits per heavy atom. The van der Waals surface area contributed by atoms with Crippen LogP contribution in [0, 0.1) is 0 Å². The molecule has 1 aromatic carbocycles. The van der Waals surface area contributed by atoms with Gasteiger partial charge in [-0.15, -0.1) is 0 Å². The van der Waals surface area contributed by atoms with Crippen LogP contribution in [0.5, 0.6) is 5.75 Å². The average Bonchev–Trinajstić information content (AvgIpc) is 2.69. The molecule has 0 atom stereocenters. The van der Waals surface area contributed by atoms with Crippen LogP contribution < -0.4 is 26.2 Å². The van der Waals surface area contributed by atoms with Gasteiger partial charge in [0.05, 0.1) is 12.8 Å². The number of benzene rings is 1. The van der Waals surface area contributed by atoms with Crippen LogP contribution >= 0.6 is 0 Å². The highest BCUT2D eigenvalue weighted by atomic mass is 16.5. The van der Waals surface area contributed by atoms with Crippen LogP contribution in [0.15, 0.2) is 39.9 Å². The third kappa shape index (κ3) is 4.71. The molecule has 0 aliphatic carbocycles. The van der Waals surface area contributed by atoms with Gasteiger partial charge in [-0.1, -0.05) is 12.1 Å². The molecule has 0 bridgehead atoms. The van der Waals surface area contributed by atoms with Crippen molar-refractivity contribution in [2.75, 3.05) is 56.6 Å². The number of aromatic nitrogens is 2. The molecular weight excluding hydrogens is 346 g/mol. The van der Waals surface area contributed by atoms with E-state index in [0.717, 1.165) is 55.1 Å². The van der Waals surface area contributed by atoms with E-state index in [9.17, 15) is 9.59 Å². The number of rotatable bonds is 7. The minimum atomic E-state index is -0.405. The van der Waals surface area contributed by atoms with Gasteiger partial charge < -0.3 is 15.0 Å². The summed E-state index contributed by atoms with van der Waals surface area (Å²) in [6, 6.07) is 9.53. The molecule has 0 unspecified atom stereocenters. The Bertz CT molecular complexity index is 837. The van der Waals surface area contributed by atoms with Crippen LogP contribution in [-0.2, 0) is 7.05 Å². The van der Waals surface area contributed by atoms with Gasteiger partial charge >= 0.3 is 5.69 Å².